The van der Waals surface area contributed by atoms with Crippen LogP contribution in [0.15, 0.2) is 0 Å². The van der Waals surface area contributed by atoms with Gasteiger partial charge in [0.15, 0.2) is 0 Å². The molecule has 2 rings (SSSR count). The van der Waals surface area contributed by atoms with E-state index in [0.29, 0.717) is 12.5 Å². The van der Waals surface area contributed by atoms with Gasteiger partial charge in [-0.25, -0.2) is 9.59 Å². The van der Waals surface area contributed by atoms with Gasteiger partial charge in [0.25, 0.3) is 0 Å². The van der Waals surface area contributed by atoms with Gasteiger partial charge in [0.1, 0.15) is 11.6 Å². The Balaban J connectivity index is 2.05. The molecule has 1 saturated carbocycles. The highest BCUT2D eigenvalue weighted by atomic mass is 16.6. The van der Waals surface area contributed by atoms with Crippen molar-refractivity contribution in [3.8, 4) is 0 Å². The van der Waals surface area contributed by atoms with Crippen LogP contribution in [0.3, 0.4) is 0 Å². The third-order valence-corrected chi connectivity index (χ3v) is 3.22. The van der Waals surface area contributed by atoms with Gasteiger partial charge in [-0.15, -0.1) is 0 Å². The van der Waals surface area contributed by atoms with Crippen molar-refractivity contribution >= 4 is 12.1 Å². The van der Waals surface area contributed by atoms with Gasteiger partial charge in [-0.1, -0.05) is 0 Å². The van der Waals surface area contributed by atoms with Gasteiger partial charge in [0, 0.05) is 6.54 Å². The standard InChI is InChI=1S/C12H19NO4/c1-12(2,3)17-11(15)13-6-7-5-8(7)9(13)10(14)16-4/h7-9H,5-6H2,1-4H3/t7-,8-,9?/m0/s1. The Morgan fingerprint density at radius 1 is 1.29 bits per heavy atom. The first-order chi connectivity index (χ1) is 7.83. The van der Waals surface area contributed by atoms with Gasteiger partial charge in [0.2, 0.25) is 0 Å². The van der Waals surface area contributed by atoms with Crippen LogP contribution in [0.2, 0.25) is 0 Å². The van der Waals surface area contributed by atoms with Crippen molar-refractivity contribution in [3.63, 3.8) is 0 Å². The lowest BCUT2D eigenvalue weighted by Gasteiger charge is -2.28. The molecule has 2 aliphatic rings. The minimum absolute atomic E-state index is 0.273. The molecule has 1 saturated heterocycles. The largest absolute Gasteiger partial charge is 0.467 e. The number of nitrogens with zero attached hydrogens (tertiary/aromatic N) is 1. The first kappa shape index (κ1) is 12.2. The van der Waals surface area contributed by atoms with Crippen molar-refractivity contribution < 1.29 is 19.1 Å². The van der Waals surface area contributed by atoms with E-state index in [9.17, 15) is 9.59 Å². The maximum Gasteiger partial charge on any atom is 0.411 e. The van der Waals surface area contributed by atoms with Crippen LogP contribution in [0, 0.1) is 11.8 Å². The summed E-state index contributed by atoms with van der Waals surface area (Å²) in [5.74, 6) is 0.391. The summed E-state index contributed by atoms with van der Waals surface area (Å²) in [6.07, 6.45) is 0.596. The lowest BCUT2D eigenvalue weighted by atomic mass is 10.2. The van der Waals surface area contributed by atoms with Crippen LogP contribution in [-0.2, 0) is 14.3 Å². The Labute approximate surface area is 101 Å². The van der Waals surface area contributed by atoms with E-state index in [1.807, 2.05) is 20.8 Å². The van der Waals surface area contributed by atoms with Crippen molar-refractivity contribution in [3.05, 3.63) is 0 Å². The number of piperidine rings is 1. The molecule has 0 aromatic rings. The van der Waals surface area contributed by atoms with Crippen LogP contribution >= 0.6 is 0 Å². The van der Waals surface area contributed by atoms with E-state index in [4.69, 9.17) is 9.47 Å². The third-order valence-electron chi connectivity index (χ3n) is 3.22. The van der Waals surface area contributed by atoms with Crippen LogP contribution in [0.25, 0.3) is 0 Å². The SMILES string of the molecule is COC(=O)C1[C@H]2C[C@H]2CN1C(=O)OC(C)(C)C. The van der Waals surface area contributed by atoms with Crippen molar-refractivity contribution in [2.75, 3.05) is 13.7 Å². The molecule has 1 aliphatic heterocycles. The fraction of sp³-hybridized carbons (Fsp3) is 0.833. The molecule has 1 heterocycles. The van der Waals surface area contributed by atoms with Crippen molar-refractivity contribution in [2.24, 2.45) is 11.8 Å². The molecule has 3 atom stereocenters. The number of likely N-dealkylation sites (tertiary alicyclic amines) is 1. The van der Waals surface area contributed by atoms with Gasteiger partial charge in [-0.2, -0.15) is 0 Å². The quantitative estimate of drug-likeness (QED) is 0.651. The van der Waals surface area contributed by atoms with Crippen LogP contribution in [-0.4, -0.2) is 42.3 Å². The topological polar surface area (TPSA) is 55.8 Å². The minimum Gasteiger partial charge on any atom is -0.467 e. The average Bonchev–Trinajstić information content (AvgIpc) is 2.86. The Kier molecular flexibility index (Phi) is 2.79. The second kappa shape index (κ2) is 3.89. The Bertz CT molecular complexity index is 347. The minimum atomic E-state index is -0.537. The molecule has 0 aromatic carbocycles. The summed E-state index contributed by atoms with van der Waals surface area (Å²) in [5, 5.41) is 0. The number of esters is 1. The monoisotopic (exact) mass is 241 g/mol. The molecule has 1 amide bonds. The molecule has 0 bridgehead atoms. The second-order valence-electron chi connectivity index (χ2n) is 5.76. The maximum absolute atomic E-state index is 12.0. The summed E-state index contributed by atoms with van der Waals surface area (Å²) in [6, 6.07) is -0.445. The summed E-state index contributed by atoms with van der Waals surface area (Å²) >= 11 is 0. The van der Waals surface area contributed by atoms with Crippen molar-refractivity contribution in [2.45, 2.75) is 38.8 Å². The van der Waals surface area contributed by atoms with Gasteiger partial charge in [0.05, 0.1) is 7.11 Å². The predicted octanol–water partition coefficient (Wildman–Crippen LogP) is 1.41. The Morgan fingerprint density at radius 2 is 1.94 bits per heavy atom. The van der Waals surface area contributed by atoms with E-state index >= 15 is 0 Å². The van der Waals surface area contributed by atoms with E-state index < -0.39 is 17.7 Å². The zero-order valence-corrected chi connectivity index (χ0v) is 10.7. The molecule has 0 aromatic heterocycles. The van der Waals surface area contributed by atoms with Gasteiger partial charge >= 0.3 is 12.1 Å². The molecule has 17 heavy (non-hydrogen) atoms. The van der Waals surface area contributed by atoms with Crippen molar-refractivity contribution in [1.82, 2.24) is 4.90 Å². The maximum atomic E-state index is 12.0. The van der Waals surface area contributed by atoms with Gasteiger partial charge in [-0.05, 0) is 39.0 Å². The number of carbonyl (C=O) groups is 2. The predicted molar refractivity (Wildman–Crippen MR) is 60.3 cm³/mol. The zero-order chi connectivity index (χ0) is 12.8. The number of methoxy groups -OCH3 is 1. The number of carbonyl (C=O) groups excluding carboxylic acids is 2. The van der Waals surface area contributed by atoms with Crippen LogP contribution in [0.1, 0.15) is 27.2 Å². The van der Waals surface area contributed by atoms with Crippen LogP contribution < -0.4 is 0 Å². The molecule has 0 radical (unpaired) electrons. The van der Waals surface area contributed by atoms with E-state index in [-0.39, 0.29) is 11.9 Å². The molecular formula is C12H19NO4. The molecule has 1 aliphatic carbocycles. The number of ether oxygens (including phenoxy) is 2. The lowest BCUT2D eigenvalue weighted by Crippen LogP contribution is -2.46. The number of amides is 1. The Morgan fingerprint density at radius 3 is 2.47 bits per heavy atom. The zero-order valence-electron chi connectivity index (χ0n) is 10.7. The number of hydrogen-bond donors (Lipinski definition) is 0. The molecule has 5 heteroatoms. The van der Waals surface area contributed by atoms with Gasteiger partial charge < -0.3 is 9.47 Å². The fourth-order valence-electron chi connectivity index (χ4n) is 2.40. The lowest BCUT2D eigenvalue weighted by molar-refractivity contribution is -0.146. The average molecular weight is 241 g/mol. The number of fused-ring (bicyclic) bond motifs is 1. The Hall–Kier alpha value is -1.26. The van der Waals surface area contributed by atoms with E-state index in [1.54, 1.807) is 0 Å². The molecule has 0 N–H and O–H groups in total. The van der Waals surface area contributed by atoms with Crippen LogP contribution in [0.5, 0.6) is 0 Å². The highest BCUT2D eigenvalue weighted by Gasteiger charge is 2.58. The summed E-state index contributed by atoms with van der Waals surface area (Å²) < 4.78 is 10.0. The van der Waals surface area contributed by atoms with Crippen LogP contribution in [0.4, 0.5) is 4.79 Å². The molecule has 2 fully saturated rings. The summed E-state index contributed by atoms with van der Waals surface area (Å²) in [4.78, 5) is 25.1. The highest BCUT2D eigenvalue weighted by Crippen LogP contribution is 2.50. The number of hydrogen-bond acceptors (Lipinski definition) is 4. The first-order valence-corrected chi connectivity index (χ1v) is 5.91. The summed E-state index contributed by atoms with van der Waals surface area (Å²) in [5.41, 5.74) is -0.537. The van der Waals surface area contributed by atoms with E-state index in [0.717, 1.165) is 6.42 Å². The molecule has 1 unspecified atom stereocenters. The summed E-state index contributed by atoms with van der Waals surface area (Å²) in [7, 11) is 1.35. The molecule has 5 nitrogen and oxygen atoms in total. The molecule has 0 spiro atoms. The fourth-order valence-corrected chi connectivity index (χ4v) is 2.40. The molecular weight excluding hydrogens is 222 g/mol. The first-order valence-electron chi connectivity index (χ1n) is 5.91. The van der Waals surface area contributed by atoms with Gasteiger partial charge in [-0.3, -0.25) is 4.90 Å². The summed E-state index contributed by atoms with van der Waals surface area (Å²) in [6.45, 7) is 6.05. The van der Waals surface area contributed by atoms with Crippen molar-refractivity contribution in [1.29, 1.82) is 0 Å². The third kappa shape index (κ3) is 2.37. The second-order valence-corrected chi connectivity index (χ2v) is 5.76. The normalized spacial score (nSPS) is 30.8. The highest BCUT2D eigenvalue weighted by molar-refractivity contribution is 5.83. The smallest absolute Gasteiger partial charge is 0.411 e. The number of rotatable bonds is 1. The van der Waals surface area contributed by atoms with E-state index in [1.165, 1.54) is 12.0 Å². The molecule has 96 valence electrons. The van der Waals surface area contributed by atoms with E-state index in [2.05, 4.69) is 0 Å².